The van der Waals surface area contributed by atoms with E-state index in [1.165, 1.54) is 0 Å². The highest BCUT2D eigenvalue weighted by atomic mass is 15.4. The first kappa shape index (κ1) is 8.42. The molecule has 1 aliphatic heterocycles. The lowest BCUT2D eigenvalue weighted by molar-refractivity contribution is 0.280. The molecule has 64 valence electrons. The Labute approximate surface area is 66.4 Å². The van der Waals surface area contributed by atoms with Gasteiger partial charge in [0, 0.05) is 13.1 Å². The second kappa shape index (κ2) is 4.25. The van der Waals surface area contributed by atoms with Gasteiger partial charge in [0.2, 0.25) is 0 Å². The normalized spacial score (nSPS) is 29.0. The van der Waals surface area contributed by atoms with E-state index >= 15 is 0 Å². The van der Waals surface area contributed by atoms with Crippen molar-refractivity contribution in [2.75, 3.05) is 13.1 Å². The highest BCUT2D eigenvalue weighted by Gasteiger charge is 2.14. The van der Waals surface area contributed by atoms with E-state index in [0.717, 1.165) is 32.4 Å². The molecule has 1 atom stereocenters. The summed E-state index contributed by atoms with van der Waals surface area (Å²) >= 11 is 0. The first-order valence-electron chi connectivity index (χ1n) is 3.92. The Kier molecular flexibility index (Phi) is 3.25. The number of hydrogen-bond donors (Lipinski definition) is 2. The third-order valence-electron chi connectivity index (χ3n) is 1.91. The SMILES string of the molecule is NN=N[C@@H]1CCCCN(N)C1. The molecule has 5 heteroatoms. The highest BCUT2D eigenvalue weighted by molar-refractivity contribution is 4.71. The minimum absolute atomic E-state index is 0.201. The molecular formula is C6H15N5. The Morgan fingerprint density at radius 3 is 2.91 bits per heavy atom. The summed E-state index contributed by atoms with van der Waals surface area (Å²) < 4.78 is 0. The monoisotopic (exact) mass is 157 g/mol. The fraction of sp³-hybridized carbons (Fsp3) is 1.00. The number of rotatable bonds is 1. The van der Waals surface area contributed by atoms with Crippen molar-refractivity contribution in [1.82, 2.24) is 5.01 Å². The zero-order chi connectivity index (χ0) is 8.10. The van der Waals surface area contributed by atoms with Gasteiger partial charge in [0.25, 0.3) is 0 Å². The zero-order valence-corrected chi connectivity index (χ0v) is 6.61. The first-order chi connectivity index (χ1) is 5.33. The van der Waals surface area contributed by atoms with Crippen molar-refractivity contribution in [3.8, 4) is 0 Å². The Bertz CT molecular complexity index is 135. The van der Waals surface area contributed by atoms with Crippen molar-refractivity contribution in [3.63, 3.8) is 0 Å². The second-order valence-corrected chi connectivity index (χ2v) is 2.88. The predicted molar refractivity (Wildman–Crippen MR) is 42.4 cm³/mol. The van der Waals surface area contributed by atoms with E-state index in [0.29, 0.717) is 0 Å². The van der Waals surface area contributed by atoms with E-state index < -0.39 is 0 Å². The molecule has 11 heavy (non-hydrogen) atoms. The third-order valence-corrected chi connectivity index (χ3v) is 1.91. The molecule has 0 unspecified atom stereocenters. The lowest BCUT2D eigenvalue weighted by atomic mass is 10.2. The molecule has 0 saturated carbocycles. The minimum Gasteiger partial charge on any atom is -0.305 e. The van der Waals surface area contributed by atoms with Gasteiger partial charge in [-0.15, -0.1) is 0 Å². The van der Waals surface area contributed by atoms with Crippen molar-refractivity contribution < 1.29 is 0 Å². The van der Waals surface area contributed by atoms with Crippen LogP contribution in [0, 0.1) is 0 Å². The number of nitrogens with two attached hydrogens (primary N) is 2. The third kappa shape index (κ3) is 2.81. The van der Waals surface area contributed by atoms with Crippen LogP contribution in [0.1, 0.15) is 19.3 Å². The van der Waals surface area contributed by atoms with Crippen molar-refractivity contribution in [3.05, 3.63) is 0 Å². The molecule has 1 rings (SSSR count). The van der Waals surface area contributed by atoms with Gasteiger partial charge in [-0.3, -0.25) is 5.84 Å². The summed E-state index contributed by atoms with van der Waals surface area (Å²) in [7, 11) is 0. The van der Waals surface area contributed by atoms with Gasteiger partial charge in [-0.1, -0.05) is 5.22 Å². The molecule has 1 aliphatic rings. The molecule has 4 N–H and O–H groups in total. The molecule has 5 nitrogen and oxygen atoms in total. The number of hydrogen-bond acceptors (Lipinski definition) is 4. The standard InChI is InChI=1S/C6H15N5/c7-10-9-6-3-1-2-4-11(8)5-6/h6H,1-5,8H2,(H2,7,9)/t6-/m1/s1. The van der Waals surface area contributed by atoms with Gasteiger partial charge < -0.3 is 5.84 Å². The molecule has 1 fully saturated rings. The zero-order valence-electron chi connectivity index (χ0n) is 6.61. The van der Waals surface area contributed by atoms with Crippen LogP contribution in [0.2, 0.25) is 0 Å². The van der Waals surface area contributed by atoms with Crippen LogP contribution in [0.15, 0.2) is 10.3 Å². The fourth-order valence-corrected chi connectivity index (χ4v) is 1.34. The maximum atomic E-state index is 5.65. The second-order valence-electron chi connectivity index (χ2n) is 2.88. The molecule has 0 spiro atoms. The van der Waals surface area contributed by atoms with Gasteiger partial charge in [-0.05, 0) is 19.3 Å². The van der Waals surface area contributed by atoms with Crippen LogP contribution in [0.3, 0.4) is 0 Å². The maximum absolute atomic E-state index is 5.65. The van der Waals surface area contributed by atoms with Crippen LogP contribution in [-0.4, -0.2) is 24.1 Å². The molecular weight excluding hydrogens is 142 g/mol. The highest BCUT2D eigenvalue weighted by Crippen LogP contribution is 2.10. The summed E-state index contributed by atoms with van der Waals surface area (Å²) in [4.78, 5) is 0. The van der Waals surface area contributed by atoms with E-state index in [4.69, 9.17) is 11.7 Å². The average Bonchev–Trinajstić information content (AvgIpc) is 2.15. The molecule has 0 bridgehead atoms. The summed E-state index contributed by atoms with van der Waals surface area (Å²) in [6.07, 6.45) is 3.36. The van der Waals surface area contributed by atoms with Gasteiger partial charge in [-0.2, -0.15) is 5.11 Å². The molecule has 0 aliphatic carbocycles. The maximum Gasteiger partial charge on any atom is 0.0870 e. The minimum atomic E-state index is 0.201. The quantitative estimate of drug-likeness (QED) is 0.320. The fourth-order valence-electron chi connectivity index (χ4n) is 1.34. The van der Waals surface area contributed by atoms with Crippen LogP contribution < -0.4 is 11.7 Å². The summed E-state index contributed by atoms with van der Waals surface area (Å²) in [6.45, 7) is 1.73. The summed E-state index contributed by atoms with van der Waals surface area (Å²) in [5.74, 6) is 10.6. The van der Waals surface area contributed by atoms with Gasteiger partial charge >= 0.3 is 0 Å². The van der Waals surface area contributed by atoms with E-state index in [2.05, 4.69) is 10.3 Å². The summed E-state index contributed by atoms with van der Waals surface area (Å²) in [5, 5.41) is 8.94. The Hall–Kier alpha value is -0.680. The molecule has 1 heterocycles. The lowest BCUT2D eigenvalue weighted by Gasteiger charge is -2.14. The molecule has 0 aromatic rings. The van der Waals surface area contributed by atoms with Crippen molar-refractivity contribution >= 4 is 0 Å². The van der Waals surface area contributed by atoms with E-state index in [1.807, 2.05) is 0 Å². The van der Waals surface area contributed by atoms with Gasteiger partial charge in [0.05, 0.1) is 6.04 Å². The molecule has 0 radical (unpaired) electrons. The van der Waals surface area contributed by atoms with Crippen LogP contribution in [0.25, 0.3) is 0 Å². The van der Waals surface area contributed by atoms with Crippen molar-refractivity contribution in [2.24, 2.45) is 22.0 Å². The predicted octanol–water partition coefficient (Wildman–Crippen LogP) is 0.0405. The van der Waals surface area contributed by atoms with E-state index in [1.54, 1.807) is 5.01 Å². The largest absolute Gasteiger partial charge is 0.305 e. The van der Waals surface area contributed by atoms with E-state index in [9.17, 15) is 0 Å². The molecule has 0 aromatic heterocycles. The number of hydrazine groups is 1. The Morgan fingerprint density at radius 2 is 2.18 bits per heavy atom. The van der Waals surface area contributed by atoms with Gasteiger partial charge in [0.15, 0.2) is 0 Å². The summed E-state index contributed by atoms with van der Waals surface area (Å²) in [5.41, 5.74) is 0. The van der Waals surface area contributed by atoms with Crippen LogP contribution in [0.4, 0.5) is 0 Å². The lowest BCUT2D eigenvalue weighted by Crippen LogP contribution is -2.36. The smallest absolute Gasteiger partial charge is 0.0870 e. The van der Waals surface area contributed by atoms with Crippen molar-refractivity contribution in [2.45, 2.75) is 25.3 Å². The van der Waals surface area contributed by atoms with Gasteiger partial charge in [0.1, 0.15) is 0 Å². The van der Waals surface area contributed by atoms with E-state index in [-0.39, 0.29) is 6.04 Å². The number of nitrogens with zero attached hydrogens (tertiary/aromatic N) is 3. The first-order valence-corrected chi connectivity index (χ1v) is 3.92. The molecule has 1 saturated heterocycles. The topological polar surface area (TPSA) is 80.0 Å². The van der Waals surface area contributed by atoms with Crippen LogP contribution >= 0.6 is 0 Å². The Morgan fingerprint density at radius 1 is 1.36 bits per heavy atom. The Balaban J connectivity index is 2.39. The van der Waals surface area contributed by atoms with Crippen molar-refractivity contribution in [1.29, 1.82) is 0 Å². The molecule has 0 aromatic carbocycles. The van der Waals surface area contributed by atoms with Gasteiger partial charge in [-0.25, -0.2) is 5.01 Å². The average molecular weight is 157 g/mol. The summed E-state index contributed by atoms with van der Waals surface area (Å²) in [6, 6.07) is 0.201. The molecule has 0 amide bonds. The van der Waals surface area contributed by atoms with Crippen LogP contribution in [-0.2, 0) is 0 Å². The van der Waals surface area contributed by atoms with Crippen LogP contribution in [0.5, 0.6) is 0 Å².